The lowest BCUT2D eigenvalue weighted by atomic mass is 9.70. The summed E-state index contributed by atoms with van der Waals surface area (Å²) in [6.07, 6.45) is 12.3. The fourth-order valence-electron chi connectivity index (χ4n) is 9.59. The number of hydrogen-bond donors (Lipinski definition) is 0. The van der Waals surface area contributed by atoms with Gasteiger partial charge in [-0.1, -0.05) is 63.1 Å². The average Bonchev–Trinajstić information content (AvgIpc) is 3.53. The van der Waals surface area contributed by atoms with Gasteiger partial charge in [0.1, 0.15) is 41.1 Å². The number of aryl methyl sites for hydroxylation is 2. The normalized spacial score (nSPS) is 25.7. The summed E-state index contributed by atoms with van der Waals surface area (Å²) in [7, 11) is 0. The number of rotatable bonds is 16. The number of Topliss-reactive ketones (excluding diaryl/α,β-unsaturated/α-hetero) is 4. The summed E-state index contributed by atoms with van der Waals surface area (Å²) in [4.78, 5) is 67.7. The molecule has 0 N–H and O–H groups in total. The first kappa shape index (κ1) is 40.5. The minimum absolute atomic E-state index is 0.0202. The first-order valence-corrected chi connectivity index (χ1v) is 20.6. The van der Waals surface area contributed by atoms with Gasteiger partial charge in [-0.05, 0) is 124 Å². The minimum atomic E-state index is -0.761. The molecule has 0 aromatic heterocycles. The van der Waals surface area contributed by atoms with Crippen LogP contribution >= 0.6 is 0 Å². The zero-order valence-electron chi connectivity index (χ0n) is 34.1. The zero-order valence-corrected chi connectivity index (χ0v) is 34.1. The molecule has 7 nitrogen and oxygen atoms in total. The molecule has 0 radical (unpaired) electrons. The van der Waals surface area contributed by atoms with Crippen LogP contribution in [0.25, 0.3) is 16.3 Å². The number of esters is 1. The van der Waals surface area contributed by atoms with E-state index in [-0.39, 0.29) is 54.0 Å². The van der Waals surface area contributed by atoms with Gasteiger partial charge in [-0.15, -0.1) is 6.58 Å². The first-order chi connectivity index (χ1) is 26.0. The highest BCUT2D eigenvalue weighted by Crippen LogP contribution is 2.58. The van der Waals surface area contributed by atoms with Crippen LogP contribution in [0.4, 0.5) is 0 Å². The summed E-state index contributed by atoms with van der Waals surface area (Å²) in [5.41, 5.74) is 4.05. The van der Waals surface area contributed by atoms with E-state index in [1.54, 1.807) is 13.0 Å². The minimum Gasteiger partial charge on any atom is -0.490 e. The molecule has 0 aliphatic heterocycles. The highest BCUT2D eigenvalue weighted by molar-refractivity contribution is 5.98. The maximum Gasteiger partial charge on any atom is 0.306 e. The Morgan fingerprint density at radius 3 is 2.31 bits per heavy atom. The summed E-state index contributed by atoms with van der Waals surface area (Å²) < 4.78 is 12.8. The van der Waals surface area contributed by atoms with E-state index in [1.807, 2.05) is 27.7 Å². The Bertz CT molecular complexity index is 1950. The molecule has 0 amide bonds. The third-order valence-corrected chi connectivity index (χ3v) is 13.0. The van der Waals surface area contributed by atoms with E-state index in [2.05, 4.69) is 56.8 Å². The molecule has 2 aromatic rings. The smallest absolute Gasteiger partial charge is 0.306 e. The largest absolute Gasteiger partial charge is 0.490 e. The maximum absolute atomic E-state index is 14.8. The molecule has 0 heterocycles. The molecule has 3 saturated carbocycles. The number of hydrogen-bond acceptors (Lipinski definition) is 7. The number of fused-ring (bicyclic) bond motifs is 1. The van der Waals surface area contributed by atoms with E-state index in [9.17, 15) is 24.0 Å². The van der Waals surface area contributed by atoms with Crippen molar-refractivity contribution in [2.24, 2.45) is 34.5 Å². The summed E-state index contributed by atoms with van der Waals surface area (Å²) >= 11 is 0. The number of carbonyl (C=O) groups excluding carboxylic acids is 5. The van der Waals surface area contributed by atoms with Crippen LogP contribution in [0.1, 0.15) is 128 Å². The molecule has 55 heavy (non-hydrogen) atoms. The Morgan fingerprint density at radius 1 is 0.964 bits per heavy atom. The average molecular weight is 749 g/mol. The van der Waals surface area contributed by atoms with Crippen molar-refractivity contribution in [2.45, 2.75) is 138 Å². The van der Waals surface area contributed by atoms with Gasteiger partial charge in [-0.25, -0.2) is 0 Å². The topological polar surface area (TPSA) is 104 Å². The predicted molar refractivity (Wildman–Crippen MR) is 217 cm³/mol. The molecule has 6 atom stereocenters. The lowest BCUT2D eigenvalue weighted by molar-refractivity contribution is -0.154. The Hall–Kier alpha value is -4.13. The van der Waals surface area contributed by atoms with Crippen molar-refractivity contribution in [1.82, 2.24) is 0 Å². The van der Waals surface area contributed by atoms with Gasteiger partial charge >= 0.3 is 5.97 Å². The Labute approximate surface area is 327 Å². The number of ketones is 4. The molecule has 4 aliphatic rings. The molecule has 0 spiro atoms. The van der Waals surface area contributed by atoms with Crippen molar-refractivity contribution in [2.75, 3.05) is 0 Å². The molecule has 4 aliphatic carbocycles. The quantitative estimate of drug-likeness (QED) is 0.124. The lowest BCUT2D eigenvalue weighted by Crippen LogP contribution is -2.39. The van der Waals surface area contributed by atoms with E-state index >= 15 is 0 Å². The maximum atomic E-state index is 14.8. The molecular formula is C48H60O7. The predicted octanol–water partition coefficient (Wildman–Crippen LogP) is 10.2. The second-order valence-corrected chi connectivity index (χ2v) is 18.1. The molecule has 6 unspecified atom stereocenters. The van der Waals surface area contributed by atoms with E-state index < -0.39 is 34.7 Å². The van der Waals surface area contributed by atoms with Crippen LogP contribution in [-0.4, -0.2) is 41.3 Å². The number of benzene rings is 2. The highest BCUT2D eigenvalue weighted by Gasteiger charge is 2.59. The van der Waals surface area contributed by atoms with E-state index in [0.717, 1.165) is 70.7 Å². The molecule has 0 bridgehead atoms. The van der Waals surface area contributed by atoms with Crippen LogP contribution in [0.5, 0.6) is 5.75 Å². The van der Waals surface area contributed by atoms with Crippen molar-refractivity contribution in [3.05, 3.63) is 71.3 Å². The monoisotopic (exact) mass is 748 g/mol. The van der Waals surface area contributed by atoms with Crippen molar-refractivity contribution in [1.29, 1.82) is 0 Å². The van der Waals surface area contributed by atoms with Crippen LogP contribution in [0, 0.1) is 48.3 Å². The van der Waals surface area contributed by atoms with Gasteiger partial charge in [0.15, 0.2) is 0 Å². The van der Waals surface area contributed by atoms with Gasteiger partial charge < -0.3 is 9.47 Å². The van der Waals surface area contributed by atoms with E-state index in [1.165, 1.54) is 0 Å². The number of allylic oxidation sites excluding steroid dienone is 5. The van der Waals surface area contributed by atoms with Gasteiger partial charge in [-0.3, -0.25) is 24.0 Å². The summed E-state index contributed by atoms with van der Waals surface area (Å²) in [6.45, 7) is 17.4. The van der Waals surface area contributed by atoms with Crippen molar-refractivity contribution in [3.63, 3.8) is 0 Å². The summed E-state index contributed by atoms with van der Waals surface area (Å²) in [6, 6.07) is 8.52. The molecular weight excluding hydrogens is 689 g/mol. The molecule has 294 valence electrons. The SMILES string of the molecule is C=CC1CC1(CC(=O)C1CC(Oc2cc(C3=CCC(CC(=O)CC)=C3)cc3c(C)cc(C)cc23)CC1C(=O)C(CC(=O)OC1CCCC1)C(C)(C)C)C(C)=O. The van der Waals surface area contributed by atoms with Crippen molar-refractivity contribution in [3.8, 4) is 5.75 Å². The second-order valence-electron chi connectivity index (χ2n) is 18.1. The highest BCUT2D eigenvalue weighted by atomic mass is 16.5. The van der Waals surface area contributed by atoms with Crippen LogP contribution in [-0.2, 0) is 28.7 Å². The third-order valence-electron chi connectivity index (χ3n) is 13.0. The Kier molecular flexibility index (Phi) is 11.9. The van der Waals surface area contributed by atoms with Gasteiger partial charge in [0.05, 0.1) is 6.42 Å². The molecule has 0 saturated heterocycles. The van der Waals surface area contributed by atoms with Crippen LogP contribution < -0.4 is 4.74 Å². The summed E-state index contributed by atoms with van der Waals surface area (Å²) in [5, 5.41) is 2.03. The van der Waals surface area contributed by atoms with Crippen molar-refractivity contribution < 1.29 is 33.4 Å². The first-order valence-electron chi connectivity index (χ1n) is 20.6. The van der Waals surface area contributed by atoms with Gasteiger partial charge in [0.25, 0.3) is 0 Å². The van der Waals surface area contributed by atoms with Crippen LogP contribution in [0.15, 0.2) is 54.6 Å². The molecule has 3 fully saturated rings. The summed E-state index contributed by atoms with van der Waals surface area (Å²) in [5.74, 6) is -1.67. The standard InChI is InChI=1S/C48H60O7/c1-9-34-26-48(34,30(5)49)27-43(51)39-23-37(24-41(39)46(53)42(47(6,7)8)25-45(52)55-36-13-11-12-14-36)54-44-22-33(21-38-29(4)17-28(3)18-40(38)44)32-16-15-31(19-32)20-35(50)10-2/h9,16-19,21-22,34,36-37,39,41-42H,1,10-15,20,23-27H2,2-8H3. The third kappa shape index (κ3) is 8.81. The Morgan fingerprint density at radius 2 is 1.67 bits per heavy atom. The van der Waals surface area contributed by atoms with E-state index in [4.69, 9.17) is 9.47 Å². The molecule has 7 heteroatoms. The van der Waals surface area contributed by atoms with Crippen molar-refractivity contribution >= 4 is 45.4 Å². The van der Waals surface area contributed by atoms with Crippen LogP contribution in [0.3, 0.4) is 0 Å². The number of carbonyl (C=O) groups is 5. The van der Waals surface area contributed by atoms with Gasteiger partial charge in [-0.2, -0.15) is 0 Å². The number of ether oxygens (including phenoxy) is 2. The van der Waals surface area contributed by atoms with E-state index in [0.29, 0.717) is 37.9 Å². The fraction of sp³-hybridized carbons (Fsp3) is 0.562. The van der Waals surface area contributed by atoms with Gasteiger partial charge in [0.2, 0.25) is 0 Å². The second kappa shape index (κ2) is 16.2. The molecule has 6 rings (SSSR count). The lowest BCUT2D eigenvalue weighted by Gasteiger charge is -2.32. The zero-order chi connectivity index (χ0) is 39.8. The Balaban J connectivity index is 1.33. The van der Waals surface area contributed by atoms with Gasteiger partial charge in [0, 0.05) is 47.8 Å². The molecule has 2 aromatic carbocycles. The fourth-order valence-corrected chi connectivity index (χ4v) is 9.59. The van der Waals surface area contributed by atoms with Crippen LogP contribution in [0.2, 0.25) is 0 Å².